The van der Waals surface area contributed by atoms with Crippen LogP contribution in [0.1, 0.15) is 120 Å². The molecule has 0 saturated heterocycles. The van der Waals surface area contributed by atoms with Crippen LogP contribution in [0.2, 0.25) is 0 Å². The van der Waals surface area contributed by atoms with E-state index in [0.717, 1.165) is 101 Å². The van der Waals surface area contributed by atoms with Crippen LogP contribution in [0.4, 0.5) is 0 Å². The summed E-state index contributed by atoms with van der Waals surface area (Å²) in [6.45, 7) is 37.1. The quantitative estimate of drug-likeness (QED) is 0.0161. The van der Waals surface area contributed by atoms with Crippen LogP contribution in [0, 0.1) is 0 Å². The highest BCUT2D eigenvalue weighted by Crippen LogP contribution is 2.36. The van der Waals surface area contributed by atoms with Crippen LogP contribution >= 0.6 is 0 Å². The first kappa shape index (κ1) is 87.2. The Bertz CT molecular complexity index is 3570. The van der Waals surface area contributed by atoms with Gasteiger partial charge >= 0.3 is 41.8 Å². The molecule has 0 spiro atoms. The largest absolute Gasteiger partial charge is 0.493 e. The smallest absolute Gasteiger partial charge is 0.330 e. The van der Waals surface area contributed by atoms with E-state index < -0.39 is 48.0 Å². The van der Waals surface area contributed by atoms with Crippen molar-refractivity contribution >= 4 is 41.8 Å². The maximum absolute atomic E-state index is 12.2. The molecule has 0 fully saturated rings. The molecule has 2 atom stereocenters. The number of ether oxygens (including phenoxy) is 13. The van der Waals surface area contributed by atoms with Crippen molar-refractivity contribution in [2.24, 2.45) is 0 Å². The summed E-state index contributed by atoms with van der Waals surface area (Å²) in [4.78, 5) is 78.9. The van der Waals surface area contributed by atoms with Crippen molar-refractivity contribution in [3.8, 4) is 34.5 Å². The first-order valence-electron chi connectivity index (χ1n) is 34.8. The predicted molar refractivity (Wildman–Crippen MR) is 404 cm³/mol. The number of esters is 7. The van der Waals surface area contributed by atoms with Gasteiger partial charge in [0.1, 0.15) is 93.5 Å². The van der Waals surface area contributed by atoms with Crippen LogP contribution < -0.4 is 28.4 Å². The van der Waals surface area contributed by atoms with Crippen LogP contribution in [0.25, 0.3) is 0 Å². The maximum atomic E-state index is 12.2. The molecule has 0 amide bonds. The average molecular weight is 1460 g/mol. The molecule has 0 aliphatic carbocycles. The van der Waals surface area contributed by atoms with Crippen molar-refractivity contribution in [1.29, 1.82) is 0 Å². The van der Waals surface area contributed by atoms with Crippen molar-refractivity contribution in [2.45, 2.75) is 115 Å². The highest BCUT2D eigenvalue weighted by molar-refractivity contribution is 5.83. The summed E-state index contributed by atoms with van der Waals surface area (Å²) in [7, 11) is 0. The summed E-state index contributed by atoms with van der Waals surface area (Å²) in [6, 6.07) is 46.8. The Morgan fingerprint density at radius 3 is 0.887 bits per heavy atom. The number of carbonyl (C=O) groups excluding carboxylic acids is 7. The lowest BCUT2D eigenvalue weighted by Gasteiger charge is -2.26. The molecule has 21 nitrogen and oxygen atoms in total. The van der Waals surface area contributed by atoms with Gasteiger partial charge in [0, 0.05) is 72.0 Å². The highest BCUT2D eigenvalue weighted by Gasteiger charge is 2.27. The number of hydrogen-bond acceptors (Lipinski definition) is 21. The van der Waals surface area contributed by atoms with Gasteiger partial charge in [-0.05, 0) is 113 Å². The van der Waals surface area contributed by atoms with Crippen LogP contribution in [-0.4, -0.2) is 138 Å². The van der Waals surface area contributed by atoms with E-state index in [1.807, 2.05) is 121 Å². The van der Waals surface area contributed by atoms with Crippen LogP contribution in [-0.2, 0) is 83.0 Å². The van der Waals surface area contributed by atoms with Gasteiger partial charge in [0.15, 0.2) is 6.10 Å². The van der Waals surface area contributed by atoms with E-state index in [2.05, 4.69) is 112 Å². The maximum Gasteiger partial charge on any atom is 0.330 e. The number of hydrogen-bond donors (Lipinski definition) is 1. The molecule has 0 bridgehead atoms. The zero-order valence-electron chi connectivity index (χ0n) is 62.1. The zero-order valence-corrected chi connectivity index (χ0v) is 62.1. The van der Waals surface area contributed by atoms with Gasteiger partial charge in [-0.1, -0.05) is 174 Å². The Hall–Kier alpha value is -11.2. The average Bonchev–Trinajstić information content (AvgIpc) is 0.816. The summed E-state index contributed by atoms with van der Waals surface area (Å²) in [6.07, 6.45) is 9.11. The predicted octanol–water partition coefficient (Wildman–Crippen LogP) is 14.3. The molecule has 0 aliphatic heterocycles. The highest BCUT2D eigenvalue weighted by atomic mass is 16.6. The number of unbranched alkanes of at least 4 members (excludes halogenated alkanes) is 2. The first-order chi connectivity index (χ1) is 50.8. The SMILES string of the molecule is C=CC(=O)OCC(O)COc1ccc(C(C)(C)c2ccc(OCC(COC(=O)C=C)OC(=O)CCCCC)cc2)cc1.C=CC(=O)OCCCOc1ccc(C(C)(C)c2ccc(OCCCOC(=O)C=C)cc2)cc1.C=CC(=O)OCCOc1ccc(C(C)(C)c2ccc(OCCOC(=O)C=C)cc2)cc1. The van der Waals surface area contributed by atoms with Gasteiger partial charge in [-0.15, -0.1) is 0 Å². The molecule has 0 radical (unpaired) electrons. The van der Waals surface area contributed by atoms with Gasteiger partial charge in [0.2, 0.25) is 0 Å². The lowest BCUT2D eigenvalue weighted by atomic mass is 9.78. The second-order valence-corrected chi connectivity index (χ2v) is 25.1. The molecule has 2 unspecified atom stereocenters. The minimum Gasteiger partial charge on any atom is -0.493 e. The van der Waals surface area contributed by atoms with Gasteiger partial charge in [-0.25, -0.2) is 28.8 Å². The van der Waals surface area contributed by atoms with E-state index in [1.54, 1.807) is 0 Å². The molecule has 0 heterocycles. The fourth-order valence-corrected chi connectivity index (χ4v) is 9.77. The summed E-state index contributed by atoms with van der Waals surface area (Å²) >= 11 is 0. The van der Waals surface area contributed by atoms with E-state index in [0.29, 0.717) is 68.7 Å². The molecule has 106 heavy (non-hydrogen) atoms. The molecule has 1 N–H and O–H groups in total. The zero-order chi connectivity index (χ0) is 77.8. The lowest BCUT2D eigenvalue weighted by Crippen LogP contribution is -2.30. The Morgan fingerprint density at radius 2 is 0.585 bits per heavy atom. The van der Waals surface area contributed by atoms with Crippen molar-refractivity contribution in [1.82, 2.24) is 0 Å². The Morgan fingerprint density at radius 1 is 0.321 bits per heavy atom. The molecule has 6 aromatic rings. The molecule has 6 rings (SSSR count). The Kier molecular flexibility index (Phi) is 38.9. The minimum atomic E-state index is -0.957. The van der Waals surface area contributed by atoms with Crippen LogP contribution in [0.5, 0.6) is 34.5 Å². The number of benzene rings is 6. The van der Waals surface area contributed by atoms with Gasteiger partial charge < -0.3 is 66.7 Å². The second kappa shape index (κ2) is 47.2. The van der Waals surface area contributed by atoms with Gasteiger partial charge in [-0.2, -0.15) is 0 Å². The van der Waals surface area contributed by atoms with E-state index in [9.17, 15) is 38.7 Å². The first-order valence-corrected chi connectivity index (χ1v) is 34.8. The fraction of sp³-hybridized carbons (Fsp3) is 0.353. The molecule has 0 aromatic heterocycles. The third-order valence-electron chi connectivity index (χ3n) is 16.2. The molecule has 0 aliphatic rings. The summed E-state index contributed by atoms with van der Waals surface area (Å²) in [5, 5.41) is 9.92. The monoisotopic (exact) mass is 1460 g/mol. The van der Waals surface area contributed by atoms with Gasteiger partial charge in [0.25, 0.3) is 0 Å². The molecule has 21 heteroatoms. The second-order valence-electron chi connectivity index (χ2n) is 25.1. The van der Waals surface area contributed by atoms with Crippen molar-refractivity contribution in [2.75, 3.05) is 79.3 Å². The Labute approximate surface area is 623 Å². The van der Waals surface area contributed by atoms with Gasteiger partial charge in [0.05, 0.1) is 26.4 Å². The number of aliphatic hydroxyl groups is 1. The van der Waals surface area contributed by atoms with E-state index in [1.165, 1.54) is 0 Å². The van der Waals surface area contributed by atoms with Gasteiger partial charge in [-0.3, -0.25) is 4.79 Å². The van der Waals surface area contributed by atoms with E-state index in [4.69, 9.17) is 61.6 Å². The fourth-order valence-electron chi connectivity index (χ4n) is 9.77. The third-order valence-corrected chi connectivity index (χ3v) is 16.2. The molecule has 6 aromatic carbocycles. The van der Waals surface area contributed by atoms with Crippen molar-refractivity contribution in [3.63, 3.8) is 0 Å². The van der Waals surface area contributed by atoms with E-state index >= 15 is 0 Å². The lowest BCUT2D eigenvalue weighted by molar-refractivity contribution is -0.158. The number of rotatable bonds is 45. The summed E-state index contributed by atoms with van der Waals surface area (Å²) < 4.78 is 69.1. The molecular weight excluding hydrogens is 1360 g/mol. The molecule has 568 valence electrons. The number of carbonyl (C=O) groups is 7. The Balaban J connectivity index is 0.000000341. The molecular formula is C85H102O21. The van der Waals surface area contributed by atoms with Crippen molar-refractivity contribution in [3.05, 3.63) is 255 Å². The topological polar surface area (TPSA) is 260 Å². The summed E-state index contributed by atoms with van der Waals surface area (Å²) in [5.41, 5.74) is 5.89. The van der Waals surface area contributed by atoms with E-state index in [-0.39, 0.29) is 75.1 Å². The number of aliphatic hydroxyl groups excluding tert-OH is 1. The third kappa shape index (κ3) is 32.2. The summed E-state index contributed by atoms with van der Waals surface area (Å²) in [5.74, 6) is 0.772. The van der Waals surface area contributed by atoms with Crippen LogP contribution in [0.15, 0.2) is 222 Å². The van der Waals surface area contributed by atoms with Crippen molar-refractivity contribution < 1.29 is 100 Å². The van der Waals surface area contributed by atoms with Crippen LogP contribution in [0.3, 0.4) is 0 Å². The normalized spacial score (nSPS) is 11.4. The standard InChI is InChI=1S/C33H42O9.C27H32O6.C25H28O6/c1-6-9-10-11-32(37)42-29(23-41-31(36)8-3)22-39-28-18-14-25(15-19-28)33(4,5)24-12-16-27(17-13-24)38-20-26(34)21-40-30(35)7-2;1-5-25(28)32-19-7-17-30-23-13-9-21(10-14-23)27(3,4)22-11-15-24(16-12-22)31-18-8-20-33-26(29)6-2;1-5-23(26)30-17-15-28-21-11-7-19(8-12-21)25(3,4)20-9-13-22(14-10-20)29-16-18-31-24(27)6-2/h7-8,12-19,26,29,34H,2-3,6,9-11,20-23H2,1,4-5H3;5-6,9-16H,1-2,7-8,17-20H2,3-4H3;5-14H,1-2,15-18H2,3-4H3. The minimum absolute atomic E-state index is 0.0236. The molecule has 0 saturated carbocycles.